The van der Waals surface area contributed by atoms with Crippen molar-refractivity contribution in [1.82, 2.24) is 15.7 Å². The van der Waals surface area contributed by atoms with Crippen LogP contribution in [0.3, 0.4) is 0 Å². The second-order valence-electron chi connectivity index (χ2n) is 11.5. The van der Waals surface area contributed by atoms with Crippen LogP contribution >= 0.6 is 0 Å². The van der Waals surface area contributed by atoms with E-state index >= 15 is 0 Å². The number of likely N-dealkylation sites (N-methyl/N-ethyl adjacent to an activating group) is 1. The molecule has 9 heteroatoms. The van der Waals surface area contributed by atoms with Gasteiger partial charge < -0.3 is 24.8 Å². The number of rotatable bonds is 16. The molecule has 3 aromatic carbocycles. The maximum atomic E-state index is 12.5. The van der Waals surface area contributed by atoms with Gasteiger partial charge in [0.2, 0.25) is 11.8 Å². The number of benzene rings is 3. The van der Waals surface area contributed by atoms with Crippen LogP contribution in [0.25, 0.3) is 11.1 Å². The number of nitrogens with one attached hydrogen (secondary N) is 2. The molecule has 0 radical (unpaired) electrons. The smallest absolute Gasteiger partial charge is 0.243 e. The van der Waals surface area contributed by atoms with Crippen LogP contribution in [0, 0.1) is 0 Å². The molecular weight excluding hydrogens is 570 g/mol. The highest BCUT2D eigenvalue weighted by Crippen LogP contribution is 2.38. The molecule has 4 rings (SSSR count). The molecule has 4 N–H and O–H groups in total. The van der Waals surface area contributed by atoms with Gasteiger partial charge in [0.15, 0.2) is 6.29 Å². The lowest BCUT2D eigenvalue weighted by atomic mass is 9.97. The van der Waals surface area contributed by atoms with E-state index in [1.165, 1.54) is 0 Å². The Morgan fingerprint density at radius 3 is 2.31 bits per heavy atom. The van der Waals surface area contributed by atoms with Gasteiger partial charge in [0, 0.05) is 44.5 Å². The van der Waals surface area contributed by atoms with E-state index in [2.05, 4.69) is 36.0 Å². The fraction of sp³-hybridized carbons (Fsp3) is 0.389. The van der Waals surface area contributed by atoms with Crippen LogP contribution in [0.4, 0.5) is 0 Å². The first-order valence-corrected chi connectivity index (χ1v) is 15.6. The summed E-state index contributed by atoms with van der Waals surface area (Å²) in [6, 6.07) is 24.1. The summed E-state index contributed by atoms with van der Waals surface area (Å²) in [5.41, 5.74) is 7.54. The number of hydrogen-bond donors (Lipinski definition) is 4. The summed E-state index contributed by atoms with van der Waals surface area (Å²) in [5.74, 6) is -0.444. The molecule has 2 amide bonds. The van der Waals surface area contributed by atoms with E-state index in [0.717, 1.165) is 52.9 Å². The molecule has 0 saturated carbocycles. The Bertz CT molecular complexity index is 1380. The van der Waals surface area contributed by atoms with Gasteiger partial charge in [-0.05, 0) is 47.7 Å². The van der Waals surface area contributed by atoms with E-state index in [4.69, 9.17) is 14.7 Å². The Morgan fingerprint density at radius 1 is 0.933 bits per heavy atom. The van der Waals surface area contributed by atoms with Gasteiger partial charge >= 0.3 is 0 Å². The van der Waals surface area contributed by atoms with Crippen molar-refractivity contribution in [1.29, 1.82) is 0 Å². The van der Waals surface area contributed by atoms with Crippen molar-refractivity contribution in [2.45, 2.75) is 70.2 Å². The third-order valence-electron chi connectivity index (χ3n) is 7.99. The molecule has 3 atom stereocenters. The number of aliphatic hydroxyl groups is 1. The molecule has 0 aromatic heterocycles. The third-order valence-corrected chi connectivity index (χ3v) is 7.99. The van der Waals surface area contributed by atoms with Crippen molar-refractivity contribution >= 4 is 11.8 Å². The number of unbranched alkanes of at least 4 members (excludes halogenated alkanes) is 2. The lowest BCUT2D eigenvalue weighted by Crippen LogP contribution is -2.37. The fourth-order valence-electron chi connectivity index (χ4n) is 5.54. The van der Waals surface area contributed by atoms with Gasteiger partial charge in [-0.15, -0.1) is 6.58 Å². The molecular formula is C36H45N3O6. The van der Waals surface area contributed by atoms with Crippen LogP contribution in [0.5, 0.6) is 0 Å². The zero-order chi connectivity index (χ0) is 32.0. The number of aliphatic hydroxyl groups excluding tert-OH is 1. The molecule has 1 aliphatic rings. The Morgan fingerprint density at radius 2 is 1.62 bits per heavy atom. The predicted octanol–water partition coefficient (Wildman–Crippen LogP) is 5.58. The number of nitrogens with zero attached hydrogens (tertiary/aromatic N) is 1. The molecule has 3 aromatic rings. The van der Waals surface area contributed by atoms with Crippen molar-refractivity contribution in [3.8, 4) is 11.1 Å². The quantitative estimate of drug-likeness (QED) is 0.0719. The van der Waals surface area contributed by atoms with E-state index in [1.54, 1.807) is 5.48 Å². The zero-order valence-corrected chi connectivity index (χ0v) is 26.0. The molecule has 1 saturated heterocycles. The summed E-state index contributed by atoms with van der Waals surface area (Å²) in [4.78, 5) is 25.7. The van der Waals surface area contributed by atoms with E-state index in [9.17, 15) is 14.7 Å². The van der Waals surface area contributed by atoms with Gasteiger partial charge in [-0.2, -0.15) is 0 Å². The fourth-order valence-corrected chi connectivity index (χ4v) is 5.54. The number of carbonyl (C=O) groups is 2. The van der Waals surface area contributed by atoms with Gasteiger partial charge in [-0.1, -0.05) is 85.3 Å². The summed E-state index contributed by atoms with van der Waals surface area (Å²) < 4.78 is 13.0. The minimum absolute atomic E-state index is 0.00338. The molecule has 1 fully saturated rings. The summed E-state index contributed by atoms with van der Waals surface area (Å²) in [6.45, 7) is 5.78. The molecule has 0 aliphatic carbocycles. The number of carbonyl (C=O) groups excluding carboxylic acids is 2. The molecule has 0 bridgehead atoms. The van der Waals surface area contributed by atoms with E-state index < -0.39 is 12.2 Å². The second kappa shape index (κ2) is 17.6. The van der Waals surface area contributed by atoms with Crippen molar-refractivity contribution in [2.24, 2.45) is 0 Å². The van der Waals surface area contributed by atoms with Crippen molar-refractivity contribution in [3.05, 3.63) is 108 Å². The molecule has 0 unspecified atom stereocenters. The van der Waals surface area contributed by atoms with E-state index in [-0.39, 0.29) is 31.1 Å². The topological polar surface area (TPSA) is 120 Å². The van der Waals surface area contributed by atoms with Gasteiger partial charge in [-0.3, -0.25) is 14.8 Å². The van der Waals surface area contributed by atoms with Gasteiger partial charge in [0.25, 0.3) is 0 Å². The van der Waals surface area contributed by atoms with Crippen LogP contribution in [0.2, 0.25) is 0 Å². The number of ether oxygens (including phenoxy) is 2. The van der Waals surface area contributed by atoms with Crippen LogP contribution < -0.4 is 10.8 Å². The highest BCUT2D eigenvalue weighted by atomic mass is 16.7. The Labute approximate surface area is 265 Å². The zero-order valence-electron chi connectivity index (χ0n) is 26.0. The van der Waals surface area contributed by atoms with Gasteiger partial charge in [0.05, 0.1) is 18.8 Å². The molecule has 9 nitrogen and oxygen atoms in total. The highest BCUT2D eigenvalue weighted by molar-refractivity contribution is 5.76. The minimum atomic E-state index is -0.537. The summed E-state index contributed by atoms with van der Waals surface area (Å²) in [6.07, 6.45) is 4.55. The summed E-state index contributed by atoms with van der Waals surface area (Å²) in [7, 11) is 2.05. The first-order chi connectivity index (χ1) is 21.9. The summed E-state index contributed by atoms with van der Waals surface area (Å²) >= 11 is 0. The average Bonchev–Trinajstić information content (AvgIpc) is 3.07. The van der Waals surface area contributed by atoms with Gasteiger partial charge in [0.1, 0.15) is 0 Å². The Hall–Kier alpha value is -3.86. The number of hydroxylamine groups is 1. The predicted molar refractivity (Wildman–Crippen MR) is 173 cm³/mol. The lowest BCUT2D eigenvalue weighted by Gasteiger charge is -2.37. The Kier molecular flexibility index (Phi) is 13.3. The van der Waals surface area contributed by atoms with Crippen LogP contribution in [-0.4, -0.2) is 53.3 Å². The molecule has 1 heterocycles. The molecule has 1 aliphatic heterocycles. The van der Waals surface area contributed by atoms with Crippen LogP contribution in [0.15, 0.2) is 85.5 Å². The average molecular weight is 616 g/mol. The molecule has 240 valence electrons. The van der Waals surface area contributed by atoms with Crippen LogP contribution in [0.1, 0.15) is 73.2 Å². The first kappa shape index (κ1) is 34.0. The minimum Gasteiger partial charge on any atom is -0.392 e. The molecule has 45 heavy (non-hydrogen) atoms. The standard InChI is InChI=1S/C36H45N3O6/c1-3-21-39(2)24-31-22-33(28-15-13-26(25-40)14-16-28)45-36(44-31)29-19-17-27(18-20-29)32-10-8-7-9-30(32)23-37-34(41)11-5-4-6-12-35(42)38-43/h3,7-10,13-20,31,33,36,40,43H,1,4-6,11-12,21-25H2,2H3,(H,37,41)(H,38,42)/t31-,33+,36+/m0/s1. The third kappa shape index (κ3) is 10.3. The van der Waals surface area contributed by atoms with Crippen molar-refractivity contribution in [3.63, 3.8) is 0 Å². The molecule has 0 spiro atoms. The maximum Gasteiger partial charge on any atom is 0.243 e. The van der Waals surface area contributed by atoms with Gasteiger partial charge in [-0.25, -0.2) is 5.48 Å². The highest BCUT2D eigenvalue weighted by Gasteiger charge is 2.32. The summed E-state index contributed by atoms with van der Waals surface area (Å²) in [5, 5.41) is 21.0. The number of amides is 2. The normalized spacial score (nSPS) is 18.0. The second-order valence-corrected chi connectivity index (χ2v) is 11.5. The van der Waals surface area contributed by atoms with Crippen LogP contribution in [-0.2, 0) is 32.2 Å². The van der Waals surface area contributed by atoms with Crippen molar-refractivity contribution in [2.75, 3.05) is 20.1 Å². The van der Waals surface area contributed by atoms with Crippen molar-refractivity contribution < 1.29 is 29.4 Å². The largest absolute Gasteiger partial charge is 0.392 e. The number of hydrogen-bond acceptors (Lipinski definition) is 7. The SMILES string of the molecule is C=CCN(C)C[C@@H]1C[C@H](c2ccc(CO)cc2)O[C@H](c2ccc(-c3ccccc3CNC(=O)CCCCCC(=O)NO)cc2)O1. The maximum absolute atomic E-state index is 12.5. The Balaban J connectivity index is 1.41. The lowest BCUT2D eigenvalue weighted by molar-refractivity contribution is -0.252. The van der Waals surface area contributed by atoms with E-state index in [1.807, 2.05) is 66.7 Å². The van der Waals surface area contributed by atoms with E-state index in [0.29, 0.717) is 32.2 Å². The first-order valence-electron chi connectivity index (χ1n) is 15.6. The monoisotopic (exact) mass is 615 g/mol.